The van der Waals surface area contributed by atoms with E-state index in [0.29, 0.717) is 33.1 Å². The molecule has 31 heavy (non-hydrogen) atoms. The summed E-state index contributed by atoms with van der Waals surface area (Å²) in [6, 6.07) is 24.2. The molecule has 1 N–H and O–H groups in total. The first kappa shape index (κ1) is 19.0. The molecule has 4 aromatic rings. The largest absolute Gasteiger partial charge is 0.322 e. The quantitative estimate of drug-likeness (QED) is 0.437. The second-order valence-electron chi connectivity index (χ2n) is 7.13. The van der Waals surface area contributed by atoms with Gasteiger partial charge in [-0.15, -0.1) is 0 Å². The zero-order valence-electron chi connectivity index (χ0n) is 16.1. The van der Waals surface area contributed by atoms with Crippen LogP contribution in [0, 0.1) is 0 Å². The zero-order valence-corrected chi connectivity index (χ0v) is 16.9. The van der Waals surface area contributed by atoms with Gasteiger partial charge >= 0.3 is 0 Å². The molecule has 0 spiro atoms. The Balaban J connectivity index is 1.40. The highest BCUT2D eigenvalue weighted by Crippen LogP contribution is 2.30. The van der Waals surface area contributed by atoms with E-state index < -0.39 is 0 Å². The second-order valence-corrected chi connectivity index (χ2v) is 7.54. The SMILES string of the molecule is O=C(Nc1ccc(N2C(=O)c3ccccc3C2=O)cc1)c1cccc2c(Cl)cccc12. The third kappa shape index (κ3) is 3.16. The number of imide groups is 1. The van der Waals surface area contributed by atoms with E-state index in [1.54, 1.807) is 72.8 Å². The first-order chi connectivity index (χ1) is 15.0. The normalized spacial score (nSPS) is 12.9. The Morgan fingerprint density at radius 2 is 1.32 bits per heavy atom. The van der Waals surface area contributed by atoms with Crippen LogP contribution in [-0.2, 0) is 0 Å². The summed E-state index contributed by atoms with van der Waals surface area (Å²) >= 11 is 6.24. The highest BCUT2D eigenvalue weighted by molar-refractivity contribution is 6.36. The van der Waals surface area contributed by atoms with Crippen molar-refractivity contribution in [2.24, 2.45) is 0 Å². The number of carbonyl (C=O) groups excluding carboxylic acids is 3. The fraction of sp³-hybridized carbons (Fsp3) is 0. The van der Waals surface area contributed by atoms with Gasteiger partial charge in [0.25, 0.3) is 17.7 Å². The van der Waals surface area contributed by atoms with Gasteiger partial charge in [-0.1, -0.05) is 48.0 Å². The average Bonchev–Trinajstić information content (AvgIpc) is 3.05. The molecule has 5 nitrogen and oxygen atoms in total. The second kappa shape index (κ2) is 7.38. The van der Waals surface area contributed by atoms with Crippen molar-refractivity contribution in [3.05, 3.63) is 107 Å². The summed E-state index contributed by atoms with van der Waals surface area (Å²) in [6.45, 7) is 0. The minimum Gasteiger partial charge on any atom is -0.322 e. The van der Waals surface area contributed by atoms with E-state index in [2.05, 4.69) is 5.32 Å². The lowest BCUT2D eigenvalue weighted by atomic mass is 10.0. The van der Waals surface area contributed by atoms with Gasteiger partial charge in [0.05, 0.1) is 16.8 Å². The van der Waals surface area contributed by atoms with Crippen molar-refractivity contribution in [1.29, 1.82) is 0 Å². The predicted molar refractivity (Wildman–Crippen MR) is 121 cm³/mol. The summed E-state index contributed by atoms with van der Waals surface area (Å²) < 4.78 is 0. The first-order valence-electron chi connectivity index (χ1n) is 9.61. The predicted octanol–water partition coefficient (Wildman–Crippen LogP) is 5.55. The van der Waals surface area contributed by atoms with Crippen molar-refractivity contribution >= 4 is 51.5 Å². The molecule has 0 saturated heterocycles. The number of anilines is 2. The number of nitrogens with zero attached hydrogens (tertiary/aromatic N) is 1. The number of nitrogens with one attached hydrogen (secondary N) is 1. The van der Waals surface area contributed by atoms with Gasteiger partial charge in [0.15, 0.2) is 0 Å². The van der Waals surface area contributed by atoms with Crippen LogP contribution >= 0.6 is 11.6 Å². The van der Waals surface area contributed by atoms with E-state index in [9.17, 15) is 14.4 Å². The molecule has 0 unspecified atom stereocenters. The highest BCUT2D eigenvalue weighted by atomic mass is 35.5. The molecule has 0 fully saturated rings. The number of fused-ring (bicyclic) bond motifs is 2. The fourth-order valence-electron chi connectivity index (χ4n) is 3.79. The van der Waals surface area contributed by atoms with E-state index in [1.165, 1.54) is 0 Å². The monoisotopic (exact) mass is 426 g/mol. The van der Waals surface area contributed by atoms with Crippen LogP contribution in [0.2, 0.25) is 5.02 Å². The smallest absolute Gasteiger partial charge is 0.266 e. The van der Waals surface area contributed by atoms with Crippen LogP contribution in [0.3, 0.4) is 0 Å². The molecule has 0 aromatic heterocycles. The van der Waals surface area contributed by atoms with Gasteiger partial charge in [-0.3, -0.25) is 14.4 Å². The molecule has 4 aromatic carbocycles. The Labute approximate surface area is 182 Å². The van der Waals surface area contributed by atoms with Crippen LogP contribution in [0.15, 0.2) is 84.9 Å². The van der Waals surface area contributed by atoms with E-state index in [0.717, 1.165) is 15.7 Å². The van der Waals surface area contributed by atoms with Crippen LogP contribution in [0.5, 0.6) is 0 Å². The lowest BCUT2D eigenvalue weighted by Crippen LogP contribution is -2.29. The van der Waals surface area contributed by atoms with Gasteiger partial charge in [-0.25, -0.2) is 4.90 Å². The lowest BCUT2D eigenvalue weighted by molar-refractivity contribution is 0.0924. The molecule has 0 radical (unpaired) electrons. The molecule has 3 amide bonds. The van der Waals surface area contributed by atoms with Crippen LogP contribution in [-0.4, -0.2) is 17.7 Å². The fourth-order valence-corrected chi connectivity index (χ4v) is 4.02. The summed E-state index contributed by atoms with van der Waals surface area (Å²) in [7, 11) is 0. The molecule has 0 bridgehead atoms. The van der Waals surface area contributed by atoms with Crippen molar-refractivity contribution in [2.75, 3.05) is 10.2 Å². The maximum atomic E-state index is 12.9. The maximum Gasteiger partial charge on any atom is 0.266 e. The van der Waals surface area contributed by atoms with Crippen molar-refractivity contribution < 1.29 is 14.4 Å². The number of benzene rings is 4. The molecule has 6 heteroatoms. The molecule has 0 aliphatic carbocycles. The van der Waals surface area contributed by atoms with Crippen molar-refractivity contribution in [1.82, 2.24) is 0 Å². The van der Waals surface area contributed by atoms with Crippen molar-refractivity contribution in [3.63, 3.8) is 0 Å². The molecular weight excluding hydrogens is 412 g/mol. The Hall–Kier alpha value is -3.96. The van der Waals surface area contributed by atoms with Crippen LogP contribution in [0.1, 0.15) is 31.1 Å². The molecule has 1 aliphatic heterocycles. The van der Waals surface area contributed by atoms with Crippen molar-refractivity contribution in [3.8, 4) is 0 Å². The number of halogens is 1. The van der Waals surface area contributed by atoms with Gasteiger partial charge in [0, 0.05) is 21.7 Å². The molecule has 1 aliphatic rings. The summed E-state index contributed by atoms with van der Waals surface area (Å²) in [5, 5.41) is 5.00. The van der Waals surface area contributed by atoms with Crippen LogP contribution in [0.4, 0.5) is 11.4 Å². The average molecular weight is 427 g/mol. The molecule has 5 rings (SSSR count). The third-order valence-corrected chi connectivity index (χ3v) is 5.62. The maximum absolute atomic E-state index is 12.9. The summed E-state index contributed by atoms with van der Waals surface area (Å²) in [6.07, 6.45) is 0. The van der Waals surface area contributed by atoms with Gasteiger partial charge < -0.3 is 5.32 Å². The number of amides is 3. The zero-order chi connectivity index (χ0) is 21.5. The number of rotatable bonds is 3. The summed E-state index contributed by atoms with van der Waals surface area (Å²) in [5.74, 6) is -0.989. The third-order valence-electron chi connectivity index (χ3n) is 5.29. The number of carbonyl (C=O) groups is 3. The van der Waals surface area contributed by atoms with Gasteiger partial charge in [0.1, 0.15) is 0 Å². The van der Waals surface area contributed by atoms with Gasteiger partial charge in [-0.2, -0.15) is 0 Å². The molecular formula is C25H15ClN2O3. The Kier molecular flexibility index (Phi) is 4.53. The topological polar surface area (TPSA) is 66.5 Å². The summed E-state index contributed by atoms with van der Waals surface area (Å²) in [4.78, 5) is 39.3. The highest BCUT2D eigenvalue weighted by Gasteiger charge is 2.36. The molecule has 1 heterocycles. The lowest BCUT2D eigenvalue weighted by Gasteiger charge is -2.15. The first-order valence-corrected chi connectivity index (χ1v) is 9.99. The molecule has 0 atom stereocenters. The Bertz CT molecular complexity index is 1340. The van der Waals surface area contributed by atoms with E-state index in [1.807, 2.05) is 12.1 Å². The number of hydrogen-bond donors (Lipinski definition) is 1. The van der Waals surface area contributed by atoms with Crippen LogP contribution < -0.4 is 10.2 Å². The molecule has 150 valence electrons. The van der Waals surface area contributed by atoms with Crippen LogP contribution in [0.25, 0.3) is 10.8 Å². The molecule has 0 saturated carbocycles. The number of hydrogen-bond acceptors (Lipinski definition) is 3. The Morgan fingerprint density at radius 3 is 2.00 bits per heavy atom. The standard InChI is InChI=1S/C25H15ClN2O3/c26-22-10-4-7-17-18(22)8-3-9-19(17)23(29)27-15-11-13-16(14-12-15)28-24(30)20-5-1-2-6-21(20)25(28)31/h1-14H,(H,27,29). The van der Waals surface area contributed by atoms with Crippen molar-refractivity contribution in [2.45, 2.75) is 0 Å². The van der Waals surface area contributed by atoms with E-state index >= 15 is 0 Å². The van der Waals surface area contributed by atoms with E-state index in [4.69, 9.17) is 11.6 Å². The van der Waals surface area contributed by atoms with Gasteiger partial charge in [0.2, 0.25) is 0 Å². The Morgan fingerprint density at radius 1 is 0.710 bits per heavy atom. The van der Waals surface area contributed by atoms with E-state index in [-0.39, 0.29) is 17.7 Å². The minimum absolute atomic E-state index is 0.277. The minimum atomic E-state index is -0.356. The summed E-state index contributed by atoms with van der Waals surface area (Å²) in [5.41, 5.74) is 2.27. The van der Waals surface area contributed by atoms with Gasteiger partial charge in [-0.05, 0) is 53.9 Å².